The zero-order chi connectivity index (χ0) is 18.5. The molecule has 144 valence electrons. The van der Waals surface area contributed by atoms with Crippen molar-refractivity contribution in [1.29, 1.82) is 0 Å². The van der Waals surface area contributed by atoms with Crippen molar-refractivity contribution in [3.05, 3.63) is 47.3 Å². The van der Waals surface area contributed by atoms with Gasteiger partial charge in [-0.1, -0.05) is 12.1 Å². The first-order valence-electron chi connectivity index (χ1n) is 10.2. The van der Waals surface area contributed by atoms with Crippen LogP contribution >= 0.6 is 0 Å². The van der Waals surface area contributed by atoms with Crippen LogP contribution in [0.2, 0.25) is 0 Å². The molecule has 27 heavy (non-hydrogen) atoms. The Balaban J connectivity index is 1.48. The number of hydrogen-bond acceptors (Lipinski definition) is 4. The molecule has 5 nitrogen and oxygen atoms in total. The molecule has 0 amide bonds. The molecule has 4 aliphatic rings. The summed E-state index contributed by atoms with van der Waals surface area (Å²) in [6.45, 7) is 6.87. The molecule has 5 heterocycles. The molecule has 0 aliphatic carbocycles. The zero-order valence-electron chi connectivity index (χ0n) is 16.6. The van der Waals surface area contributed by atoms with Gasteiger partial charge in [0.1, 0.15) is 5.75 Å². The van der Waals surface area contributed by atoms with Crippen LogP contribution in [0.5, 0.6) is 5.75 Å². The Bertz CT molecular complexity index is 823. The minimum Gasteiger partial charge on any atom is -0.497 e. The molecular weight excluding hydrogens is 336 g/mol. The van der Waals surface area contributed by atoms with E-state index < -0.39 is 0 Å². The molecule has 4 fully saturated rings. The van der Waals surface area contributed by atoms with Crippen LogP contribution in [0, 0.1) is 12.8 Å². The van der Waals surface area contributed by atoms with Crippen molar-refractivity contribution in [2.75, 3.05) is 26.7 Å². The molecule has 2 bridgehead atoms. The first-order chi connectivity index (χ1) is 13.2. The van der Waals surface area contributed by atoms with E-state index in [1.54, 1.807) is 7.11 Å². The van der Waals surface area contributed by atoms with Crippen molar-refractivity contribution in [3.8, 4) is 5.75 Å². The van der Waals surface area contributed by atoms with Gasteiger partial charge in [-0.15, -0.1) is 0 Å². The van der Waals surface area contributed by atoms with E-state index >= 15 is 0 Å². The smallest absolute Gasteiger partial charge is 0.119 e. The predicted octanol–water partition coefficient (Wildman–Crippen LogP) is 2.80. The fraction of sp³-hybridized carbons (Fsp3) is 0.591. The summed E-state index contributed by atoms with van der Waals surface area (Å²) in [4.78, 5) is 5.53. The van der Waals surface area contributed by atoms with Crippen molar-refractivity contribution in [1.82, 2.24) is 19.6 Å². The van der Waals surface area contributed by atoms with Crippen LogP contribution in [0.3, 0.4) is 0 Å². The van der Waals surface area contributed by atoms with Gasteiger partial charge in [0.15, 0.2) is 0 Å². The number of likely N-dealkylation sites (tertiary alicyclic amines) is 1. The highest BCUT2D eigenvalue weighted by Crippen LogP contribution is 2.47. The number of hydrogen-bond donors (Lipinski definition) is 0. The molecule has 0 radical (unpaired) electrons. The quantitative estimate of drug-likeness (QED) is 0.833. The highest BCUT2D eigenvalue weighted by molar-refractivity contribution is 5.34. The van der Waals surface area contributed by atoms with Gasteiger partial charge in [-0.25, -0.2) is 0 Å². The first kappa shape index (κ1) is 17.3. The van der Waals surface area contributed by atoms with E-state index in [2.05, 4.69) is 52.3 Å². The highest BCUT2D eigenvalue weighted by atomic mass is 16.5. The standard InChI is InChI=1S/C22H30N4O/c1-15-18(12-23-24(15)2)13-26-14-20(17-5-4-6-19(11-17)27-3)22-21(26)16-7-9-25(22)10-8-16/h4-6,11-12,16,20-22H,7-10,13-14H2,1-3H3/t20-,21+,22+/m0/s1. The third-order valence-electron chi connectivity index (χ3n) is 7.33. The zero-order valence-corrected chi connectivity index (χ0v) is 16.6. The molecule has 5 heteroatoms. The number of rotatable bonds is 4. The van der Waals surface area contributed by atoms with E-state index in [4.69, 9.17) is 4.74 Å². The molecule has 3 atom stereocenters. The minimum atomic E-state index is 0.560. The van der Waals surface area contributed by atoms with E-state index in [1.165, 1.54) is 42.8 Å². The summed E-state index contributed by atoms with van der Waals surface area (Å²) in [6.07, 6.45) is 4.77. The number of aryl methyl sites for hydroxylation is 1. The number of nitrogens with zero attached hydrogens (tertiary/aromatic N) is 4. The first-order valence-corrected chi connectivity index (χ1v) is 10.2. The van der Waals surface area contributed by atoms with Crippen molar-refractivity contribution in [3.63, 3.8) is 0 Å². The largest absolute Gasteiger partial charge is 0.497 e. The summed E-state index contributed by atoms with van der Waals surface area (Å²) >= 11 is 0. The lowest BCUT2D eigenvalue weighted by Gasteiger charge is -2.51. The average Bonchev–Trinajstić information content (AvgIpc) is 3.26. The number of methoxy groups -OCH3 is 1. The van der Waals surface area contributed by atoms with Gasteiger partial charge < -0.3 is 4.74 Å². The second-order valence-electron chi connectivity index (χ2n) is 8.55. The summed E-state index contributed by atoms with van der Waals surface area (Å²) in [6, 6.07) is 10.1. The molecule has 0 spiro atoms. The molecule has 2 aromatic rings. The molecule has 0 unspecified atom stereocenters. The molecule has 1 aromatic heterocycles. The molecule has 4 aliphatic heterocycles. The predicted molar refractivity (Wildman–Crippen MR) is 106 cm³/mol. The van der Waals surface area contributed by atoms with Crippen LogP contribution in [0.25, 0.3) is 0 Å². The van der Waals surface area contributed by atoms with Gasteiger partial charge in [0.05, 0.1) is 13.3 Å². The number of benzene rings is 1. The summed E-state index contributed by atoms with van der Waals surface area (Å²) in [5, 5.41) is 4.47. The van der Waals surface area contributed by atoms with Gasteiger partial charge in [0.2, 0.25) is 0 Å². The summed E-state index contributed by atoms with van der Waals surface area (Å²) < 4.78 is 7.51. The van der Waals surface area contributed by atoms with Crippen LogP contribution < -0.4 is 4.74 Å². The topological polar surface area (TPSA) is 33.5 Å². The SMILES string of the molecule is COc1cccc([C@@H]2CN(Cc3cnn(C)c3C)[C@@H]3C4CCN(CC4)[C@@H]32)c1. The monoisotopic (exact) mass is 366 g/mol. The third-order valence-corrected chi connectivity index (χ3v) is 7.33. The van der Waals surface area contributed by atoms with E-state index in [0.29, 0.717) is 18.0 Å². The molecule has 6 rings (SSSR count). The van der Waals surface area contributed by atoms with Gasteiger partial charge >= 0.3 is 0 Å². The Labute approximate surface area is 161 Å². The van der Waals surface area contributed by atoms with Gasteiger partial charge in [-0.3, -0.25) is 14.5 Å². The summed E-state index contributed by atoms with van der Waals surface area (Å²) in [5.74, 6) is 2.37. The molecule has 0 N–H and O–H groups in total. The van der Waals surface area contributed by atoms with Crippen molar-refractivity contribution in [2.45, 2.75) is 44.3 Å². The average molecular weight is 367 g/mol. The molecular formula is C22H30N4O. The van der Waals surface area contributed by atoms with Gasteiger partial charge in [-0.2, -0.15) is 5.10 Å². The lowest BCUT2D eigenvalue weighted by molar-refractivity contribution is -0.00874. The second-order valence-corrected chi connectivity index (χ2v) is 8.55. The second kappa shape index (κ2) is 6.64. The van der Waals surface area contributed by atoms with Crippen molar-refractivity contribution < 1.29 is 4.74 Å². The van der Waals surface area contributed by atoms with Crippen LogP contribution in [0.15, 0.2) is 30.5 Å². The van der Waals surface area contributed by atoms with E-state index in [9.17, 15) is 0 Å². The number of aromatic nitrogens is 2. The van der Waals surface area contributed by atoms with Crippen molar-refractivity contribution in [2.24, 2.45) is 13.0 Å². The Kier molecular flexibility index (Phi) is 4.25. The Hall–Kier alpha value is -1.85. The van der Waals surface area contributed by atoms with E-state index in [1.807, 2.05) is 11.7 Å². The number of piperidine rings is 3. The van der Waals surface area contributed by atoms with Crippen LogP contribution in [0.1, 0.15) is 35.6 Å². The number of ether oxygens (including phenoxy) is 1. The van der Waals surface area contributed by atoms with Gasteiger partial charge in [0.25, 0.3) is 0 Å². The van der Waals surface area contributed by atoms with Crippen molar-refractivity contribution >= 4 is 0 Å². The Morgan fingerprint density at radius 2 is 2.00 bits per heavy atom. The van der Waals surface area contributed by atoms with Gasteiger partial charge in [-0.05, 0) is 56.5 Å². The molecule has 0 saturated carbocycles. The van der Waals surface area contributed by atoms with Gasteiger partial charge in [0, 0.05) is 49.4 Å². The fourth-order valence-corrected chi connectivity index (χ4v) is 5.81. The summed E-state index contributed by atoms with van der Waals surface area (Å²) in [5.41, 5.74) is 4.10. The maximum atomic E-state index is 5.52. The molecule has 1 aromatic carbocycles. The summed E-state index contributed by atoms with van der Waals surface area (Å²) in [7, 11) is 3.80. The maximum Gasteiger partial charge on any atom is 0.119 e. The molecule has 4 saturated heterocycles. The van der Waals surface area contributed by atoms with E-state index in [0.717, 1.165) is 24.8 Å². The van der Waals surface area contributed by atoms with Crippen LogP contribution in [-0.4, -0.2) is 58.4 Å². The van der Waals surface area contributed by atoms with Crippen LogP contribution in [-0.2, 0) is 13.6 Å². The number of fused-ring (bicyclic) bond motifs is 2. The van der Waals surface area contributed by atoms with Crippen LogP contribution in [0.4, 0.5) is 0 Å². The normalized spacial score (nSPS) is 32.6. The third kappa shape index (κ3) is 2.79. The Morgan fingerprint density at radius 3 is 2.70 bits per heavy atom. The lowest BCUT2D eigenvalue weighted by atomic mass is 9.75. The lowest BCUT2D eigenvalue weighted by Crippen LogP contribution is -2.59. The highest BCUT2D eigenvalue weighted by Gasteiger charge is 2.53. The minimum absolute atomic E-state index is 0.560. The van der Waals surface area contributed by atoms with E-state index in [-0.39, 0.29) is 0 Å². The maximum absolute atomic E-state index is 5.52. The Morgan fingerprint density at radius 1 is 1.19 bits per heavy atom. The fourth-order valence-electron chi connectivity index (χ4n) is 5.81.